The average Bonchev–Trinajstić information content (AvgIpc) is 3.31. The zero-order valence-corrected chi connectivity index (χ0v) is 20.4. The Hall–Kier alpha value is -3.70. The molecule has 3 heterocycles. The number of carbonyl (C=O) groups is 3. The third kappa shape index (κ3) is 3.98. The minimum absolute atomic E-state index is 0.00190. The molecule has 37 heavy (non-hydrogen) atoms. The van der Waals surface area contributed by atoms with Crippen LogP contribution in [-0.2, 0) is 35.0 Å². The van der Waals surface area contributed by atoms with Crippen LogP contribution in [0.2, 0.25) is 0 Å². The molecule has 1 amide bonds. The number of aliphatic hydroxyl groups is 1. The number of hydrogen-bond donors (Lipinski definition) is 1. The van der Waals surface area contributed by atoms with Gasteiger partial charge in [-0.15, -0.1) is 0 Å². The molecule has 2 fully saturated rings. The van der Waals surface area contributed by atoms with Crippen molar-refractivity contribution in [3.8, 4) is 11.1 Å². The first-order valence-corrected chi connectivity index (χ1v) is 11.9. The number of ether oxygens (including phenoxy) is 4. The van der Waals surface area contributed by atoms with Crippen LogP contribution >= 0.6 is 0 Å². The van der Waals surface area contributed by atoms with E-state index >= 15 is 4.39 Å². The largest absolute Gasteiger partial charge is 0.468 e. The van der Waals surface area contributed by atoms with Gasteiger partial charge in [0.25, 0.3) is 0 Å². The lowest BCUT2D eigenvalue weighted by molar-refractivity contribution is -0.173. The second-order valence-corrected chi connectivity index (χ2v) is 9.22. The average molecular weight is 515 g/mol. The molecule has 10 nitrogen and oxygen atoms in total. The summed E-state index contributed by atoms with van der Waals surface area (Å²) in [4.78, 5) is 41.5. The van der Waals surface area contributed by atoms with Crippen molar-refractivity contribution in [2.24, 2.45) is 5.41 Å². The Balaban J connectivity index is 1.53. The highest BCUT2D eigenvalue weighted by molar-refractivity contribution is 6.03. The summed E-state index contributed by atoms with van der Waals surface area (Å²) in [5.41, 5.74) is 0.985. The van der Waals surface area contributed by atoms with Gasteiger partial charge >= 0.3 is 18.0 Å². The van der Waals surface area contributed by atoms with Gasteiger partial charge in [-0.05, 0) is 41.5 Å². The number of nitrogens with zero attached hydrogens (tertiary/aromatic N) is 2. The van der Waals surface area contributed by atoms with Crippen molar-refractivity contribution in [3.05, 3.63) is 47.8 Å². The van der Waals surface area contributed by atoms with Crippen LogP contribution in [0.4, 0.5) is 20.6 Å². The van der Waals surface area contributed by atoms with Gasteiger partial charge in [0.15, 0.2) is 5.41 Å². The predicted molar refractivity (Wildman–Crippen MR) is 129 cm³/mol. The first kappa shape index (κ1) is 25.0. The Kier molecular flexibility index (Phi) is 6.50. The summed E-state index contributed by atoms with van der Waals surface area (Å²) in [6.45, 7) is 0.827. The molecule has 1 N–H and O–H groups in total. The zero-order valence-electron chi connectivity index (χ0n) is 20.4. The van der Waals surface area contributed by atoms with Crippen molar-refractivity contribution < 1.29 is 42.8 Å². The van der Waals surface area contributed by atoms with E-state index < -0.39 is 41.4 Å². The first-order valence-electron chi connectivity index (χ1n) is 11.9. The molecule has 2 aromatic carbocycles. The Labute approximate surface area is 212 Å². The lowest BCUT2D eigenvalue weighted by Gasteiger charge is -2.49. The number of amides is 1. The van der Waals surface area contributed by atoms with Crippen LogP contribution in [0.1, 0.15) is 5.56 Å². The normalized spacial score (nSPS) is 22.1. The number of halogens is 1. The molecule has 5 rings (SSSR count). The van der Waals surface area contributed by atoms with Crippen LogP contribution in [-0.4, -0.2) is 82.4 Å². The van der Waals surface area contributed by atoms with Crippen molar-refractivity contribution in [1.29, 1.82) is 0 Å². The van der Waals surface area contributed by atoms with E-state index in [9.17, 15) is 19.5 Å². The zero-order chi connectivity index (χ0) is 26.3. The molecule has 196 valence electrons. The van der Waals surface area contributed by atoms with Crippen LogP contribution in [0.3, 0.4) is 0 Å². The number of fused-ring (bicyclic) bond motifs is 3. The third-order valence-electron chi connectivity index (χ3n) is 7.31. The lowest BCUT2D eigenvalue weighted by atomic mass is 9.70. The maximum atomic E-state index is 15.3. The van der Waals surface area contributed by atoms with Crippen LogP contribution in [0.5, 0.6) is 0 Å². The van der Waals surface area contributed by atoms with Crippen LogP contribution in [0.25, 0.3) is 11.1 Å². The number of hydrogen-bond acceptors (Lipinski definition) is 9. The molecule has 3 aliphatic heterocycles. The molecule has 3 aliphatic rings. The molecule has 2 aromatic rings. The fraction of sp³-hybridized carbons (Fsp3) is 0.423. The van der Waals surface area contributed by atoms with Gasteiger partial charge in [-0.2, -0.15) is 0 Å². The second kappa shape index (κ2) is 9.64. The fourth-order valence-corrected chi connectivity index (χ4v) is 5.49. The number of methoxy groups -OCH3 is 2. The highest BCUT2D eigenvalue weighted by Gasteiger charge is 2.60. The number of cyclic esters (lactones) is 1. The SMILES string of the molecule is COC(=O)C1(C(=O)OC)Cc2cc(-c3ccc(N4C[C@H](CO)OC4=O)cc3F)ccc2N2CCOCC21. The summed E-state index contributed by atoms with van der Waals surface area (Å²) in [7, 11) is 2.45. The summed E-state index contributed by atoms with van der Waals surface area (Å²) in [5, 5.41) is 9.26. The molecule has 0 spiro atoms. The van der Waals surface area contributed by atoms with Crippen molar-refractivity contribution in [3.63, 3.8) is 0 Å². The van der Waals surface area contributed by atoms with Gasteiger partial charge in [-0.25, -0.2) is 9.18 Å². The monoisotopic (exact) mass is 514 g/mol. The quantitative estimate of drug-likeness (QED) is 0.363. The van der Waals surface area contributed by atoms with Gasteiger partial charge in [0.1, 0.15) is 11.9 Å². The summed E-state index contributed by atoms with van der Waals surface area (Å²) in [6.07, 6.45) is -1.31. The number of rotatable bonds is 5. The molecular formula is C26H27FN2O8. The lowest BCUT2D eigenvalue weighted by Crippen LogP contribution is -2.65. The van der Waals surface area contributed by atoms with Gasteiger partial charge in [0.05, 0.1) is 52.3 Å². The molecule has 0 radical (unpaired) electrons. The fourth-order valence-electron chi connectivity index (χ4n) is 5.49. The molecular weight excluding hydrogens is 487 g/mol. The molecule has 11 heteroatoms. The van der Waals surface area contributed by atoms with E-state index in [1.165, 1.54) is 25.2 Å². The number of carbonyl (C=O) groups excluding carboxylic acids is 3. The Bertz CT molecular complexity index is 1240. The molecule has 2 saturated heterocycles. The molecule has 0 saturated carbocycles. The smallest absolute Gasteiger partial charge is 0.414 e. The van der Waals surface area contributed by atoms with E-state index in [0.717, 1.165) is 5.69 Å². The van der Waals surface area contributed by atoms with Crippen molar-refractivity contribution in [1.82, 2.24) is 0 Å². The maximum absolute atomic E-state index is 15.3. The number of morpholine rings is 1. The third-order valence-corrected chi connectivity index (χ3v) is 7.31. The Morgan fingerprint density at radius 2 is 1.92 bits per heavy atom. The Morgan fingerprint density at radius 3 is 2.57 bits per heavy atom. The van der Waals surface area contributed by atoms with Gasteiger partial charge in [0, 0.05) is 24.2 Å². The van der Waals surface area contributed by atoms with Crippen molar-refractivity contribution in [2.45, 2.75) is 18.6 Å². The van der Waals surface area contributed by atoms with E-state index in [1.807, 2.05) is 11.0 Å². The summed E-state index contributed by atoms with van der Waals surface area (Å²) in [6, 6.07) is 9.16. The first-order chi connectivity index (χ1) is 17.8. The van der Waals surface area contributed by atoms with Crippen molar-refractivity contribution in [2.75, 3.05) is 56.9 Å². The minimum atomic E-state index is -1.64. The van der Waals surface area contributed by atoms with E-state index in [1.54, 1.807) is 24.3 Å². The van der Waals surface area contributed by atoms with Gasteiger partial charge in [-0.3, -0.25) is 14.5 Å². The number of esters is 2. The molecule has 2 atom stereocenters. The molecule has 0 aliphatic carbocycles. The van der Waals surface area contributed by atoms with Crippen LogP contribution in [0.15, 0.2) is 36.4 Å². The standard InChI is InChI=1S/C26H27FN2O8/c1-34-23(31)26(24(32)35-2)11-16-9-15(3-6-21(16)28-7-8-36-14-22(26)28)19-5-4-17(10-20(19)27)29-12-18(13-30)37-25(29)33/h3-6,9-10,18,22,30H,7-8,11-14H2,1-2H3/t18-,22?/m1/s1. The summed E-state index contributed by atoms with van der Waals surface area (Å²) >= 11 is 0. The maximum Gasteiger partial charge on any atom is 0.414 e. The highest BCUT2D eigenvalue weighted by Crippen LogP contribution is 2.45. The van der Waals surface area contributed by atoms with E-state index in [0.29, 0.717) is 30.0 Å². The van der Waals surface area contributed by atoms with Crippen LogP contribution in [0, 0.1) is 11.2 Å². The van der Waals surface area contributed by atoms with Gasteiger partial charge in [0.2, 0.25) is 0 Å². The molecule has 0 aromatic heterocycles. The predicted octanol–water partition coefficient (Wildman–Crippen LogP) is 1.90. The second-order valence-electron chi connectivity index (χ2n) is 9.22. The van der Waals surface area contributed by atoms with Crippen molar-refractivity contribution >= 4 is 29.4 Å². The minimum Gasteiger partial charge on any atom is -0.468 e. The molecule has 0 bridgehead atoms. The van der Waals surface area contributed by atoms with Gasteiger partial charge < -0.3 is 29.0 Å². The topological polar surface area (TPSA) is 115 Å². The van der Waals surface area contributed by atoms with E-state index in [4.69, 9.17) is 18.9 Å². The van der Waals surface area contributed by atoms with E-state index in [-0.39, 0.29) is 31.7 Å². The van der Waals surface area contributed by atoms with Crippen LogP contribution < -0.4 is 9.80 Å². The van der Waals surface area contributed by atoms with Gasteiger partial charge in [-0.1, -0.05) is 6.07 Å². The highest BCUT2D eigenvalue weighted by atomic mass is 19.1. The number of aliphatic hydroxyl groups excluding tert-OH is 1. The number of anilines is 2. The number of benzene rings is 2. The summed E-state index contributed by atoms with van der Waals surface area (Å²) in [5.74, 6) is -2.00. The molecule has 1 unspecified atom stereocenters. The Morgan fingerprint density at radius 1 is 1.16 bits per heavy atom. The summed E-state index contributed by atoms with van der Waals surface area (Å²) < 4.78 is 36.1. The van der Waals surface area contributed by atoms with E-state index in [2.05, 4.69) is 0 Å².